The number of para-hydroxylation sites is 1. The number of hydrogen-bond acceptors (Lipinski definition) is 5. The van der Waals surface area contributed by atoms with E-state index in [9.17, 15) is 13.2 Å². The molecule has 0 saturated carbocycles. The predicted molar refractivity (Wildman–Crippen MR) is 115 cm³/mol. The molecule has 0 spiro atoms. The highest BCUT2D eigenvalue weighted by Gasteiger charge is 2.35. The van der Waals surface area contributed by atoms with E-state index in [1.165, 1.54) is 11.8 Å². The van der Waals surface area contributed by atoms with Crippen LogP contribution in [0.25, 0.3) is 0 Å². The molecule has 8 heteroatoms. The third kappa shape index (κ3) is 5.90. The number of anilines is 1. The first-order chi connectivity index (χ1) is 13.4. The summed E-state index contributed by atoms with van der Waals surface area (Å²) in [6.45, 7) is 0.475. The second-order valence-corrected chi connectivity index (χ2v) is 10.3. The molecular weight excluding hydrogens is 418 g/mol. The number of thioether (sulfide) groups is 1. The minimum Gasteiger partial charge on any atom is -0.493 e. The largest absolute Gasteiger partial charge is 0.493 e. The summed E-state index contributed by atoms with van der Waals surface area (Å²) in [7, 11) is -3.07. The normalized spacial score (nSPS) is 18.0. The summed E-state index contributed by atoms with van der Waals surface area (Å²) < 4.78 is 29.4. The van der Waals surface area contributed by atoms with Crippen LogP contribution in [0, 0.1) is 0 Å². The van der Waals surface area contributed by atoms with Crippen molar-refractivity contribution >= 4 is 44.8 Å². The number of carbonyl (C=O) groups is 1. The number of hydrogen-bond donors (Lipinski definition) is 0. The molecule has 0 radical (unpaired) electrons. The minimum absolute atomic E-state index is 0.0258. The standard InChI is InChI=1S/C20H22ClNO4S2/c21-16-6-8-19(9-7-16)26-11-12-27-14-20(23)22(17-4-2-1-3-5-17)18-10-13-28(24,25)15-18/h1-9,18H,10-15H2/t18-/m1/s1. The van der Waals surface area contributed by atoms with Gasteiger partial charge in [-0.3, -0.25) is 4.79 Å². The lowest BCUT2D eigenvalue weighted by Crippen LogP contribution is -2.42. The van der Waals surface area contributed by atoms with E-state index in [2.05, 4.69) is 0 Å². The number of sulfone groups is 1. The van der Waals surface area contributed by atoms with E-state index in [-0.39, 0.29) is 29.2 Å². The van der Waals surface area contributed by atoms with Crippen LogP contribution in [0.2, 0.25) is 5.02 Å². The molecule has 1 aliphatic rings. The molecule has 3 rings (SSSR count). The van der Waals surface area contributed by atoms with Crippen LogP contribution in [0.4, 0.5) is 5.69 Å². The maximum Gasteiger partial charge on any atom is 0.237 e. The molecule has 1 saturated heterocycles. The maximum absolute atomic E-state index is 12.9. The van der Waals surface area contributed by atoms with Crippen LogP contribution in [0.15, 0.2) is 54.6 Å². The second kappa shape index (κ2) is 9.67. The zero-order valence-corrected chi connectivity index (χ0v) is 17.7. The van der Waals surface area contributed by atoms with Crippen LogP contribution in [-0.2, 0) is 14.6 Å². The zero-order valence-electron chi connectivity index (χ0n) is 15.3. The van der Waals surface area contributed by atoms with Crippen LogP contribution < -0.4 is 9.64 Å². The Labute approximate surface area is 174 Å². The van der Waals surface area contributed by atoms with Gasteiger partial charge in [-0.2, -0.15) is 0 Å². The smallest absolute Gasteiger partial charge is 0.237 e. The molecule has 2 aromatic rings. The Morgan fingerprint density at radius 2 is 1.86 bits per heavy atom. The summed E-state index contributed by atoms with van der Waals surface area (Å²) in [5.74, 6) is 1.74. The highest BCUT2D eigenvalue weighted by atomic mass is 35.5. The lowest BCUT2D eigenvalue weighted by atomic mass is 10.2. The number of benzene rings is 2. The number of halogens is 1. The van der Waals surface area contributed by atoms with E-state index in [1.54, 1.807) is 29.2 Å². The number of ether oxygens (including phenoxy) is 1. The molecular formula is C20H22ClNO4S2. The first-order valence-electron chi connectivity index (χ1n) is 8.98. The lowest BCUT2D eigenvalue weighted by molar-refractivity contribution is -0.116. The van der Waals surface area contributed by atoms with Gasteiger partial charge < -0.3 is 9.64 Å². The molecule has 1 amide bonds. The van der Waals surface area contributed by atoms with Gasteiger partial charge in [0.15, 0.2) is 9.84 Å². The highest BCUT2D eigenvalue weighted by molar-refractivity contribution is 8.00. The molecule has 28 heavy (non-hydrogen) atoms. The van der Waals surface area contributed by atoms with Crippen LogP contribution >= 0.6 is 23.4 Å². The fraction of sp³-hybridized carbons (Fsp3) is 0.350. The van der Waals surface area contributed by atoms with Crippen LogP contribution in [0.1, 0.15) is 6.42 Å². The molecule has 1 fully saturated rings. The summed E-state index contributed by atoms with van der Waals surface area (Å²) in [4.78, 5) is 14.5. The highest BCUT2D eigenvalue weighted by Crippen LogP contribution is 2.25. The Morgan fingerprint density at radius 3 is 2.50 bits per heavy atom. The average Bonchev–Trinajstić information content (AvgIpc) is 3.03. The van der Waals surface area contributed by atoms with Crippen molar-refractivity contribution in [3.8, 4) is 5.75 Å². The van der Waals surface area contributed by atoms with E-state index in [0.717, 1.165) is 11.4 Å². The topological polar surface area (TPSA) is 63.7 Å². The molecule has 0 bridgehead atoms. The number of rotatable bonds is 8. The lowest BCUT2D eigenvalue weighted by Gasteiger charge is -2.28. The summed E-state index contributed by atoms with van der Waals surface area (Å²) in [6.07, 6.45) is 0.479. The third-order valence-electron chi connectivity index (χ3n) is 4.41. The summed E-state index contributed by atoms with van der Waals surface area (Å²) >= 11 is 7.32. The Balaban J connectivity index is 1.54. The van der Waals surface area contributed by atoms with E-state index in [0.29, 0.717) is 23.8 Å². The van der Waals surface area contributed by atoms with Gasteiger partial charge in [-0.1, -0.05) is 29.8 Å². The van der Waals surface area contributed by atoms with E-state index in [4.69, 9.17) is 16.3 Å². The Hall–Kier alpha value is -1.70. The van der Waals surface area contributed by atoms with Gasteiger partial charge in [-0.15, -0.1) is 11.8 Å². The van der Waals surface area contributed by atoms with Gasteiger partial charge in [-0.25, -0.2) is 8.42 Å². The second-order valence-electron chi connectivity index (χ2n) is 6.51. The van der Waals surface area contributed by atoms with Crippen molar-refractivity contribution in [2.24, 2.45) is 0 Å². The number of carbonyl (C=O) groups excluding carboxylic acids is 1. The molecule has 1 heterocycles. The Morgan fingerprint density at radius 1 is 1.14 bits per heavy atom. The summed E-state index contributed by atoms with van der Waals surface area (Å²) in [6, 6.07) is 16.1. The summed E-state index contributed by atoms with van der Waals surface area (Å²) in [5, 5.41) is 0.655. The van der Waals surface area contributed by atoms with E-state index >= 15 is 0 Å². The van der Waals surface area contributed by atoms with Gasteiger partial charge in [0.1, 0.15) is 5.75 Å². The molecule has 1 aliphatic heterocycles. The van der Waals surface area contributed by atoms with Gasteiger partial charge >= 0.3 is 0 Å². The van der Waals surface area contributed by atoms with Crippen LogP contribution in [0.3, 0.4) is 0 Å². The van der Waals surface area contributed by atoms with Crippen molar-refractivity contribution < 1.29 is 17.9 Å². The van der Waals surface area contributed by atoms with Crippen molar-refractivity contribution in [3.05, 3.63) is 59.6 Å². The first-order valence-corrected chi connectivity index (χ1v) is 12.3. The molecule has 2 aromatic carbocycles. The summed E-state index contributed by atoms with van der Waals surface area (Å²) in [5.41, 5.74) is 0.743. The minimum atomic E-state index is -3.07. The predicted octanol–water partition coefficient (Wildman–Crippen LogP) is 3.67. The van der Waals surface area contributed by atoms with Crippen LogP contribution in [0.5, 0.6) is 5.75 Å². The molecule has 0 aliphatic carbocycles. The van der Waals surface area contributed by atoms with Gasteiger partial charge in [0, 0.05) is 16.5 Å². The Bertz CT molecular complexity index is 888. The van der Waals surface area contributed by atoms with Gasteiger partial charge in [0.05, 0.1) is 29.9 Å². The van der Waals surface area contributed by atoms with Crippen LogP contribution in [-0.4, -0.2) is 50.0 Å². The first kappa shape index (κ1) is 21.0. The molecule has 1 atom stereocenters. The van der Waals surface area contributed by atoms with Crippen molar-refractivity contribution in [2.45, 2.75) is 12.5 Å². The fourth-order valence-electron chi connectivity index (χ4n) is 3.10. The molecule has 5 nitrogen and oxygen atoms in total. The van der Waals surface area contributed by atoms with Crippen molar-refractivity contribution in [3.63, 3.8) is 0 Å². The molecule has 0 unspecified atom stereocenters. The molecule has 0 N–H and O–H groups in total. The maximum atomic E-state index is 12.9. The van der Waals surface area contributed by atoms with Gasteiger partial charge in [0.25, 0.3) is 0 Å². The van der Waals surface area contributed by atoms with Gasteiger partial charge in [0.2, 0.25) is 5.91 Å². The van der Waals surface area contributed by atoms with Gasteiger partial charge in [-0.05, 0) is 42.8 Å². The van der Waals surface area contributed by atoms with E-state index in [1.807, 2.05) is 30.3 Å². The fourth-order valence-corrected chi connectivity index (χ4v) is 5.59. The SMILES string of the molecule is O=C(CSCCOc1ccc(Cl)cc1)N(c1ccccc1)[C@@H]1CCS(=O)(=O)C1. The van der Waals surface area contributed by atoms with Crippen molar-refractivity contribution in [1.29, 1.82) is 0 Å². The molecule has 0 aromatic heterocycles. The molecule has 150 valence electrons. The Kier molecular flexibility index (Phi) is 7.26. The number of amides is 1. The number of nitrogens with zero attached hydrogens (tertiary/aromatic N) is 1. The van der Waals surface area contributed by atoms with E-state index < -0.39 is 9.84 Å². The van der Waals surface area contributed by atoms with Crippen molar-refractivity contribution in [2.75, 3.05) is 34.5 Å². The average molecular weight is 440 g/mol. The quantitative estimate of drug-likeness (QED) is 0.587. The third-order valence-corrected chi connectivity index (χ3v) is 7.32. The zero-order chi connectivity index (χ0) is 20.0. The van der Waals surface area contributed by atoms with Crippen molar-refractivity contribution in [1.82, 2.24) is 0 Å². The monoisotopic (exact) mass is 439 g/mol.